The first-order valence-electron chi connectivity index (χ1n) is 11.5. The predicted molar refractivity (Wildman–Crippen MR) is 113 cm³/mol. The van der Waals surface area contributed by atoms with Gasteiger partial charge in [-0.1, -0.05) is 24.4 Å². The van der Waals surface area contributed by atoms with Gasteiger partial charge >= 0.3 is 0 Å². The molecule has 3 fully saturated rings. The van der Waals surface area contributed by atoms with E-state index in [0.717, 1.165) is 37.4 Å². The molecule has 3 nitrogen and oxygen atoms in total. The summed E-state index contributed by atoms with van der Waals surface area (Å²) in [6, 6.07) is 4.61. The number of halogens is 2. The van der Waals surface area contributed by atoms with E-state index in [0.29, 0.717) is 18.3 Å². The van der Waals surface area contributed by atoms with Gasteiger partial charge in [0.1, 0.15) is 11.6 Å². The molecule has 5 heteroatoms. The van der Waals surface area contributed by atoms with E-state index in [1.54, 1.807) is 12.1 Å². The number of hydrogen-bond donors (Lipinski definition) is 0. The monoisotopic (exact) mass is 424 g/mol. The molecule has 1 aromatic rings. The Labute approximate surface area is 179 Å². The van der Waals surface area contributed by atoms with Gasteiger partial charge in [-0.15, -0.1) is 0 Å². The molecular weight excluding hydrogens is 391 g/mol. The summed E-state index contributed by atoms with van der Waals surface area (Å²) in [7, 11) is 0. The Hall–Kier alpha value is -0.840. The first-order chi connectivity index (χ1) is 14.2. The largest absolute Gasteiger partial charge is 0.493 e. The van der Waals surface area contributed by atoms with Gasteiger partial charge < -0.3 is 14.2 Å². The predicted octanol–water partition coefficient (Wildman–Crippen LogP) is 6.62. The van der Waals surface area contributed by atoms with Crippen LogP contribution in [0.4, 0.5) is 4.39 Å². The van der Waals surface area contributed by atoms with Crippen molar-refractivity contribution in [1.29, 1.82) is 0 Å². The highest BCUT2D eigenvalue weighted by molar-refractivity contribution is 6.30. The molecule has 3 aliphatic rings. The Morgan fingerprint density at radius 2 is 1.48 bits per heavy atom. The highest BCUT2D eigenvalue weighted by Gasteiger charge is 2.31. The van der Waals surface area contributed by atoms with E-state index in [2.05, 4.69) is 0 Å². The van der Waals surface area contributed by atoms with E-state index in [1.165, 1.54) is 63.9 Å². The molecule has 0 amide bonds. The zero-order valence-electron chi connectivity index (χ0n) is 17.3. The van der Waals surface area contributed by atoms with Crippen LogP contribution in [0.2, 0.25) is 5.02 Å². The van der Waals surface area contributed by atoms with Crippen LogP contribution in [0.5, 0.6) is 5.75 Å². The second-order valence-corrected chi connectivity index (χ2v) is 9.60. The molecule has 0 aromatic heterocycles. The molecule has 0 atom stereocenters. The molecular formula is C24H34ClFO3. The standard InChI is InChI=1S/C24H34ClFO3/c25-22-15-21(10-11-23(22)26)29-16-18-3-8-20(9-4-18)19-6-1-17(2-7-19)5-12-24-27-13-14-28-24/h10-11,15,17-20,24H,1-9,12-14,16H2/t17-,18?,19-,20?. The van der Waals surface area contributed by atoms with E-state index in [4.69, 9.17) is 25.8 Å². The SMILES string of the molecule is Fc1ccc(OCC2CCC([C@H]3CC[C@H](CCC4OCCO4)CC3)CC2)cc1Cl. The van der Waals surface area contributed by atoms with Crippen molar-refractivity contribution in [1.82, 2.24) is 0 Å². The fraction of sp³-hybridized carbons (Fsp3) is 0.750. The third kappa shape index (κ3) is 6.08. The lowest BCUT2D eigenvalue weighted by atomic mass is 9.69. The molecule has 0 spiro atoms. The van der Waals surface area contributed by atoms with Gasteiger partial charge in [0, 0.05) is 6.07 Å². The van der Waals surface area contributed by atoms with Gasteiger partial charge in [-0.05, 0) is 87.2 Å². The third-order valence-corrected chi connectivity index (χ3v) is 7.62. The molecule has 4 rings (SSSR count). The summed E-state index contributed by atoms with van der Waals surface area (Å²) in [5.74, 6) is 3.57. The quantitative estimate of drug-likeness (QED) is 0.492. The number of ether oxygens (including phenoxy) is 3. The molecule has 162 valence electrons. The van der Waals surface area contributed by atoms with Gasteiger partial charge in [-0.25, -0.2) is 4.39 Å². The zero-order chi connectivity index (χ0) is 20.1. The maximum absolute atomic E-state index is 13.3. The van der Waals surface area contributed by atoms with Crippen molar-refractivity contribution in [3.8, 4) is 5.75 Å². The lowest BCUT2D eigenvalue weighted by Crippen LogP contribution is -2.27. The average molecular weight is 425 g/mol. The molecule has 0 unspecified atom stereocenters. The second-order valence-electron chi connectivity index (χ2n) is 9.20. The molecule has 1 aromatic carbocycles. The number of hydrogen-bond acceptors (Lipinski definition) is 3. The molecule has 0 radical (unpaired) electrons. The van der Waals surface area contributed by atoms with Crippen LogP contribution in [0.3, 0.4) is 0 Å². The minimum absolute atomic E-state index is 0.0659. The highest BCUT2D eigenvalue weighted by Crippen LogP contribution is 2.42. The Morgan fingerprint density at radius 3 is 2.10 bits per heavy atom. The number of benzene rings is 1. The van der Waals surface area contributed by atoms with Crippen LogP contribution in [0.25, 0.3) is 0 Å². The van der Waals surface area contributed by atoms with Crippen LogP contribution in [-0.4, -0.2) is 26.1 Å². The third-order valence-electron chi connectivity index (χ3n) is 7.33. The minimum atomic E-state index is -0.394. The summed E-state index contributed by atoms with van der Waals surface area (Å²) in [6.07, 6.45) is 13.1. The summed E-state index contributed by atoms with van der Waals surface area (Å²) in [4.78, 5) is 0. The summed E-state index contributed by atoms with van der Waals surface area (Å²) in [5, 5.41) is 0.130. The van der Waals surface area contributed by atoms with Crippen LogP contribution >= 0.6 is 11.6 Å². The Balaban J connectivity index is 1.12. The fourth-order valence-electron chi connectivity index (χ4n) is 5.50. The van der Waals surface area contributed by atoms with Crippen molar-refractivity contribution < 1.29 is 18.6 Å². The zero-order valence-corrected chi connectivity index (χ0v) is 18.0. The number of rotatable bonds is 7. The maximum atomic E-state index is 13.3. The molecule has 0 bridgehead atoms. The van der Waals surface area contributed by atoms with Crippen LogP contribution in [0.15, 0.2) is 18.2 Å². The fourth-order valence-corrected chi connectivity index (χ4v) is 5.67. The Kier molecular flexibility index (Phi) is 7.71. The lowest BCUT2D eigenvalue weighted by molar-refractivity contribution is -0.0514. The van der Waals surface area contributed by atoms with E-state index in [-0.39, 0.29) is 11.3 Å². The normalized spacial score (nSPS) is 31.1. The van der Waals surface area contributed by atoms with Gasteiger partial charge in [0.05, 0.1) is 24.8 Å². The summed E-state index contributed by atoms with van der Waals surface area (Å²) in [6.45, 7) is 2.25. The topological polar surface area (TPSA) is 27.7 Å². The molecule has 0 N–H and O–H groups in total. The van der Waals surface area contributed by atoms with Gasteiger partial charge in [0.2, 0.25) is 0 Å². The molecule has 1 heterocycles. The average Bonchev–Trinajstić information content (AvgIpc) is 3.28. The van der Waals surface area contributed by atoms with Crippen molar-refractivity contribution in [2.24, 2.45) is 23.7 Å². The Bertz CT molecular complexity index is 633. The molecule has 2 aliphatic carbocycles. The van der Waals surface area contributed by atoms with Crippen molar-refractivity contribution in [2.45, 2.75) is 70.5 Å². The van der Waals surface area contributed by atoms with E-state index >= 15 is 0 Å². The first kappa shape index (κ1) is 21.4. The van der Waals surface area contributed by atoms with Crippen LogP contribution in [-0.2, 0) is 9.47 Å². The molecule has 1 saturated heterocycles. The Morgan fingerprint density at radius 1 is 0.862 bits per heavy atom. The maximum Gasteiger partial charge on any atom is 0.157 e. The van der Waals surface area contributed by atoms with Crippen molar-refractivity contribution in [3.05, 3.63) is 29.0 Å². The van der Waals surface area contributed by atoms with Crippen LogP contribution < -0.4 is 4.74 Å². The van der Waals surface area contributed by atoms with Gasteiger partial charge in [0.15, 0.2) is 6.29 Å². The first-order valence-corrected chi connectivity index (χ1v) is 11.9. The van der Waals surface area contributed by atoms with E-state index in [9.17, 15) is 4.39 Å². The van der Waals surface area contributed by atoms with Gasteiger partial charge in [-0.2, -0.15) is 0 Å². The van der Waals surface area contributed by atoms with Gasteiger partial charge in [0.25, 0.3) is 0 Å². The summed E-state index contributed by atoms with van der Waals surface area (Å²) >= 11 is 5.84. The smallest absolute Gasteiger partial charge is 0.157 e. The summed E-state index contributed by atoms with van der Waals surface area (Å²) < 4.78 is 30.3. The van der Waals surface area contributed by atoms with Crippen molar-refractivity contribution in [3.63, 3.8) is 0 Å². The van der Waals surface area contributed by atoms with Crippen LogP contribution in [0.1, 0.15) is 64.2 Å². The van der Waals surface area contributed by atoms with Crippen molar-refractivity contribution >= 4 is 11.6 Å². The highest BCUT2D eigenvalue weighted by atomic mass is 35.5. The van der Waals surface area contributed by atoms with Gasteiger partial charge in [-0.3, -0.25) is 0 Å². The van der Waals surface area contributed by atoms with E-state index in [1.807, 2.05) is 0 Å². The second kappa shape index (κ2) is 10.5. The lowest BCUT2D eigenvalue weighted by Gasteiger charge is -2.38. The van der Waals surface area contributed by atoms with Crippen molar-refractivity contribution in [2.75, 3.05) is 19.8 Å². The van der Waals surface area contributed by atoms with Crippen LogP contribution in [0, 0.1) is 29.5 Å². The molecule has 1 aliphatic heterocycles. The van der Waals surface area contributed by atoms with E-state index < -0.39 is 5.82 Å². The summed E-state index contributed by atoms with van der Waals surface area (Å²) in [5.41, 5.74) is 0. The molecule has 29 heavy (non-hydrogen) atoms. The molecule has 2 saturated carbocycles. The minimum Gasteiger partial charge on any atom is -0.493 e.